The number of benzene rings is 1. The highest BCUT2D eigenvalue weighted by Gasteiger charge is 2.54. The molecular weight excluding hydrogens is 422 g/mol. The van der Waals surface area contributed by atoms with Gasteiger partial charge in [0.25, 0.3) is 0 Å². The van der Waals surface area contributed by atoms with Crippen molar-refractivity contribution in [2.45, 2.75) is 63.3 Å². The molecule has 4 aliphatic rings. The van der Waals surface area contributed by atoms with Crippen LogP contribution in [0.15, 0.2) is 24.3 Å². The van der Waals surface area contributed by atoms with Crippen LogP contribution in [-0.2, 0) is 14.9 Å². The number of fused-ring (bicyclic) bond motifs is 2. The molecule has 3 aliphatic heterocycles. The van der Waals surface area contributed by atoms with Gasteiger partial charge in [0.2, 0.25) is 5.91 Å². The normalized spacial score (nSPS) is 29.0. The van der Waals surface area contributed by atoms with Crippen molar-refractivity contribution >= 4 is 23.8 Å². The molecule has 1 aliphatic carbocycles. The maximum atomic E-state index is 13.3. The number of carbonyl (C=O) groups is 3. The lowest BCUT2D eigenvalue weighted by atomic mass is 9.68. The number of rotatable bonds is 2. The van der Waals surface area contributed by atoms with E-state index in [0.29, 0.717) is 31.2 Å². The van der Waals surface area contributed by atoms with Gasteiger partial charge in [-0.3, -0.25) is 4.79 Å². The second-order valence-electron chi connectivity index (χ2n) is 10.2. The Balaban J connectivity index is 1.21. The Bertz CT molecular complexity index is 947. The minimum Gasteiger partial charge on any atom is -0.464 e. The van der Waals surface area contributed by atoms with Gasteiger partial charge >= 0.3 is 12.2 Å². The molecule has 1 saturated carbocycles. The van der Waals surface area contributed by atoms with Crippen LogP contribution in [0, 0.1) is 5.41 Å². The molecule has 3 fully saturated rings. The predicted molar refractivity (Wildman–Crippen MR) is 122 cm³/mol. The highest BCUT2D eigenvalue weighted by atomic mass is 16.6. The number of likely N-dealkylation sites (tertiary alicyclic amines) is 2. The zero-order valence-electron chi connectivity index (χ0n) is 19.3. The summed E-state index contributed by atoms with van der Waals surface area (Å²) >= 11 is 0. The summed E-state index contributed by atoms with van der Waals surface area (Å²) in [6.07, 6.45) is 5.01. The summed E-state index contributed by atoms with van der Waals surface area (Å²) in [5.41, 5.74) is 0.912. The Hall–Kier alpha value is -2.61. The van der Waals surface area contributed by atoms with Crippen molar-refractivity contribution in [1.82, 2.24) is 9.80 Å². The van der Waals surface area contributed by atoms with E-state index in [1.54, 1.807) is 12.1 Å². The highest BCUT2D eigenvalue weighted by molar-refractivity contribution is 6.20. The summed E-state index contributed by atoms with van der Waals surface area (Å²) < 4.78 is 5.19. The molecule has 33 heavy (non-hydrogen) atoms. The Labute approximate surface area is 194 Å². The predicted octanol–water partition coefficient (Wildman–Crippen LogP) is 3.84. The number of hydrogen-bond acceptors (Lipinski definition) is 5. The summed E-state index contributed by atoms with van der Waals surface area (Å²) in [7, 11) is 0. The zero-order valence-corrected chi connectivity index (χ0v) is 19.3. The Kier molecular flexibility index (Phi) is 5.59. The van der Waals surface area contributed by atoms with Gasteiger partial charge in [0.15, 0.2) is 0 Å². The van der Waals surface area contributed by atoms with Gasteiger partial charge in [-0.15, -0.1) is 0 Å². The fourth-order valence-electron chi connectivity index (χ4n) is 6.72. The SMILES string of the molecule is CCOC(=O)N1CCC2(CCN(C3CCC4(CC3)C(=O)N(C(=O)O)c3ccccc34)CC2)C1. The summed E-state index contributed by atoms with van der Waals surface area (Å²) in [6.45, 7) is 5.86. The molecule has 1 aromatic carbocycles. The zero-order chi connectivity index (χ0) is 23.2. The summed E-state index contributed by atoms with van der Waals surface area (Å²) in [6, 6.07) is 7.79. The summed E-state index contributed by atoms with van der Waals surface area (Å²) in [5.74, 6) is -0.280. The molecule has 2 spiro atoms. The Morgan fingerprint density at radius 2 is 1.73 bits per heavy atom. The smallest absolute Gasteiger partial charge is 0.418 e. The van der Waals surface area contributed by atoms with E-state index >= 15 is 0 Å². The molecule has 0 unspecified atom stereocenters. The van der Waals surface area contributed by atoms with E-state index in [2.05, 4.69) is 4.90 Å². The molecule has 8 nitrogen and oxygen atoms in total. The average molecular weight is 456 g/mol. The van der Waals surface area contributed by atoms with Crippen LogP contribution >= 0.6 is 0 Å². The van der Waals surface area contributed by atoms with Gasteiger partial charge in [-0.1, -0.05) is 18.2 Å². The second-order valence-corrected chi connectivity index (χ2v) is 10.2. The van der Waals surface area contributed by atoms with Crippen molar-refractivity contribution in [3.05, 3.63) is 29.8 Å². The fraction of sp³-hybridized carbons (Fsp3) is 0.640. The molecule has 1 aromatic rings. The first-order valence-electron chi connectivity index (χ1n) is 12.2. The highest BCUT2D eigenvalue weighted by Crippen LogP contribution is 2.51. The third kappa shape index (κ3) is 3.59. The van der Waals surface area contributed by atoms with Gasteiger partial charge in [-0.25, -0.2) is 14.5 Å². The molecule has 2 saturated heterocycles. The minimum atomic E-state index is -1.19. The van der Waals surface area contributed by atoms with Crippen LogP contribution < -0.4 is 4.90 Å². The number of nitrogens with zero attached hydrogens (tertiary/aromatic N) is 3. The molecular formula is C25H33N3O5. The number of anilines is 1. The van der Waals surface area contributed by atoms with Crippen LogP contribution in [-0.4, -0.2) is 71.8 Å². The van der Waals surface area contributed by atoms with Crippen molar-refractivity contribution in [3.8, 4) is 0 Å². The first-order valence-corrected chi connectivity index (χ1v) is 12.2. The van der Waals surface area contributed by atoms with Crippen molar-refractivity contribution in [1.29, 1.82) is 0 Å². The molecule has 0 bridgehead atoms. The number of carboxylic acid groups (broad SMARTS) is 1. The van der Waals surface area contributed by atoms with Crippen LogP contribution in [0.3, 0.4) is 0 Å². The fourth-order valence-corrected chi connectivity index (χ4v) is 6.72. The first-order chi connectivity index (χ1) is 15.9. The van der Waals surface area contributed by atoms with E-state index in [1.165, 1.54) is 0 Å². The maximum Gasteiger partial charge on any atom is 0.418 e. The van der Waals surface area contributed by atoms with E-state index in [1.807, 2.05) is 24.0 Å². The van der Waals surface area contributed by atoms with Crippen LogP contribution in [0.4, 0.5) is 15.3 Å². The minimum absolute atomic E-state index is 0.189. The van der Waals surface area contributed by atoms with E-state index in [0.717, 1.165) is 68.7 Å². The largest absolute Gasteiger partial charge is 0.464 e. The van der Waals surface area contributed by atoms with Gasteiger partial charge in [0.05, 0.1) is 17.7 Å². The molecule has 0 atom stereocenters. The van der Waals surface area contributed by atoms with E-state index in [9.17, 15) is 19.5 Å². The van der Waals surface area contributed by atoms with E-state index in [4.69, 9.17) is 4.74 Å². The number of hydrogen-bond donors (Lipinski definition) is 1. The maximum absolute atomic E-state index is 13.3. The van der Waals surface area contributed by atoms with Crippen LogP contribution in [0.5, 0.6) is 0 Å². The summed E-state index contributed by atoms with van der Waals surface area (Å²) in [4.78, 5) is 42.5. The summed E-state index contributed by atoms with van der Waals surface area (Å²) in [5, 5.41) is 9.65. The van der Waals surface area contributed by atoms with Gasteiger partial charge in [0.1, 0.15) is 0 Å². The monoisotopic (exact) mass is 455 g/mol. The lowest BCUT2D eigenvalue weighted by molar-refractivity contribution is -0.124. The van der Waals surface area contributed by atoms with Crippen LogP contribution in [0.1, 0.15) is 57.4 Å². The molecule has 0 radical (unpaired) electrons. The lowest BCUT2D eigenvalue weighted by Gasteiger charge is -2.46. The molecule has 1 N–H and O–H groups in total. The lowest BCUT2D eigenvalue weighted by Crippen LogP contribution is -2.51. The van der Waals surface area contributed by atoms with Gasteiger partial charge in [0, 0.05) is 19.1 Å². The van der Waals surface area contributed by atoms with Crippen molar-refractivity contribution in [3.63, 3.8) is 0 Å². The molecule has 8 heteroatoms. The van der Waals surface area contributed by atoms with Gasteiger partial charge in [-0.05, 0) is 82.0 Å². The van der Waals surface area contributed by atoms with Crippen molar-refractivity contribution < 1.29 is 24.2 Å². The van der Waals surface area contributed by atoms with Gasteiger partial charge in [-0.2, -0.15) is 0 Å². The van der Waals surface area contributed by atoms with Crippen LogP contribution in [0.25, 0.3) is 0 Å². The molecule has 0 aromatic heterocycles. The number of amides is 3. The van der Waals surface area contributed by atoms with E-state index < -0.39 is 11.5 Å². The number of piperidine rings is 1. The molecule has 178 valence electrons. The second kappa shape index (κ2) is 8.31. The molecule has 3 heterocycles. The van der Waals surface area contributed by atoms with E-state index in [-0.39, 0.29) is 17.4 Å². The number of ether oxygens (including phenoxy) is 1. The topological polar surface area (TPSA) is 90.4 Å². The first kappa shape index (κ1) is 22.2. The van der Waals surface area contributed by atoms with Crippen molar-refractivity contribution in [2.75, 3.05) is 37.7 Å². The number of imide groups is 1. The number of carbonyl (C=O) groups excluding carboxylic acids is 2. The number of para-hydroxylation sites is 1. The molecule has 5 rings (SSSR count). The average Bonchev–Trinajstić information content (AvgIpc) is 3.33. The van der Waals surface area contributed by atoms with Gasteiger partial charge < -0.3 is 19.6 Å². The van der Waals surface area contributed by atoms with Crippen LogP contribution in [0.2, 0.25) is 0 Å². The quantitative estimate of drug-likeness (QED) is 0.729. The van der Waals surface area contributed by atoms with Crippen molar-refractivity contribution in [2.24, 2.45) is 5.41 Å². The Morgan fingerprint density at radius 1 is 1.06 bits per heavy atom. The third-order valence-electron chi connectivity index (χ3n) is 8.61. The standard InChI is InChI=1S/C25H33N3O5/c1-2-33-23(32)27-16-13-24(17-27)11-14-26(15-12-24)18-7-9-25(10-8-18)19-5-3-4-6-20(19)28(21(25)29)22(30)31/h3-6,18H,2,7-17H2,1H3,(H,30,31). The Morgan fingerprint density at radius 3 is 2.39 bits per heavy atom. The molecule has 3 amide bonds. The third-order valence-corrected chi connectivity index (χ3v) is 8.61.